The quantitative estimate of drug-likeness (QED) is 0.205. The van der Waals surface area contributed by atoms with Crippen molar-refractivity contribution in [2.75, 3.05) is 39.6 Å². The molecule has 0 aromatic carbocycles. The molecule has 0 fully saturated rings. The van der Waals surface area contributed by atoms with Crippen LogP contribution < -0.4 is 0 Å². The minimum atomic E-state index is -1.22. The highest BCUT2D eigenvalue weighted by Crippen LogP contribution is 1.89. The van der Waals surface area contributed by atoms with Crippen molar-refractivity contribution in [3.63, 3.8) is 0 Å². The minimum absolute atomic E-state index is 0.0463. The fourth-order valence-corrected chi connectivity index (χ4v) is 0.544. The molecule has 22 heavy (non-hydrogen) atoms. The Bertz CT molecular complexity index is 170. The number of aliphatic hydroxyl groups is 10. The van der Waals surface area contributed by atoms with Gasteiger partial charge in [-0.15, -0.1) is 0 Å². The molecule has 0 rings (SSSR count). The molecule has 10 heteroatoms. The standard InChI is InChI=1S/2C4H10O4.C4H10O2/c2*5-1-3(7)4(8)2-6;1-4(2-5)3-6/h2*3-8H,1-2H2;4-6H,2-3H2,1H3. The second kappa shape index (κ2) is 18.6. The zero-order chi connectivity index (χ0) is 18.1. The molecule has 10 nitrogen and oxygen atoms in total. The van der Waals surface area contributed by atoms with E-state index in [0.29, 0.717) is 0 Å². The highest BCUT2D eigenvalue weighted by atomic mass is 16.4. The second-order valence-electron chi connectivity index (χ2n) is 4.47. The molecule has 0 aromatic rings. The Morgan fingerprint density at radius 2 is 0.636 bits per heavy atom. The van der Waals surface area contributed by atoms with E-state index in [1.807, 2.05) is 0 Å². The van der Waals surface area contributed by atoms with E-state index in [0.717, 1.165) is 0 Å². The van der Waals surface area contributed by atoms with E-state index in [4.69, 9.17) is 51.1 Å². The summed E-state index contributed by atoms with van der Waals surface area (Å²) in [4.78, 5) is 0. The van der Waals surface area contributed by atoms with Crippen molar-refractivity contribution in [1.29, 1.82) is 0 Å². The first-order valence-electron chi connectivity index (χ1n) is 6.62. The molecule has 0 aliphatic carbocycles. The predicted octanol–water partition coefficient (Wildman–Crippen LogP) is -5.01. The average Bonchev–Trinajstić information content (AvgIpc) is 2.58. The molecule has 0 heterocycles. The topological polar surface area (TPSA) is 202 Å². The van der Waals surface area contributed by atoms with Crippen LogP contribution in [0.3, 0.4) is 0 Å². The van der Waals surface area contributed by atoms with Crippen molar-refractivity contribution in [1.82, 2.24) is 0 Å². The van der Waals surface area contributed by atoms with Gasteiger partial charge in [0.05, 0.1) is 26.4 Å². The van der Waals surface area contributed by atoms with Gasteiger partial charge in [-0.05, 0) is 0 Å². The molecular weight excluding hydrogens is 304 g/mol. The van der Waals surface area contributed by atoms with Crippen molar-refractivity contribution in [2.24, 2.45) is 5.92 Å². The maximum Gasteiger partial charge on any atom is 0.105 e. The van der Waals surface area contributed by atoms with Gasteiger partial charge in [-0.2, -0.15) is 0 Å². The van der Waals surface area contributed by atoms with Crippen LogP contribution in [0, 0.1) is 5.92 Å². The first-order valence-corrected chi connectivity index (χ1v) is 6.62. The number of rotatable bonds is 8. The molecule has 0 aliphatic heterocycles. The van der Waals surface area contributed by atoms with Crippen LogP contribution in [-0.2, 0) is 0 Å². The molecule has 0 aliphatic rings. The van der Waals surface area contributed by atoms with E-state index in [2.05, 4.69) is 0 Å². The van der Waals surface area contributed by atoms with Crippen LogP contribution in [0.25, 0.3) is 0 Å². The highest BCUT2D eigenvalue weighted by molar-refractivity contribution is 4.63. The van der Waals surface area contributed by atoms with Crippen LogP contribution in [0.1, 0.15) is 6.92 Å². The van der Waals surface area contributed by atoms with Gasteiger partial charge in [0.25, 0.3) is 0 Å². The van der Waals surface area contributed by atoms with Crippen LogP contribution in [0.5, 0.6) is 0 Å². The number of hydrogen-bond acceptors (Lipinski definition) is 10. The summed E-state index contributed by atoms with van der Waals surface area (Å²) in [5.74, 6) is 0.0463. The molecule has 0 saturated heterocycles. The number of hydrogen-bond donors (Lipinski definition) is 10. The van der Waals surface area contributed by atoms with E-state index in [9.17, 15) is 0 Å². The largest absolute Gasteiger partial charge is 0.396 e. The molecule has 0 radical (unpaired) electrons. The monoisotopic (exact) mass is 334 g/mol. The van der Waals surface area contributed by atoms with Crippen LogP contribution in [0.15, 0.2) is 0 Å². The lowest BCUT2D eigenvalue weighted by Crippen LogP contribution is -2.31. The van der Waals surface area contributed by atoms with Gasteiger partial charge in [0.15, 0.2) is 0 Å². The molecule has 4 unspecified atom stereocenters. The third-order valence-corrected chi connectivity index (χ3v) is 2.26. The first-order chi connectivity index (χ1) is 10.2. The molecular formula is C12H30O10. The van der Waals surface area contributed by atoms with Gasteiger partial charge >= 0.3 is 0 Å². The van der Waals surface area contributed by atoms with Gasteiger partial charge < -0.3 is 51.1 Å². The maximum atomic E-state index is 8.47. The number of aliphatic hydroxyl groups excluding tert-OH is 10. The lowest BCUT2D eigenvalue weighted by molar-refractivity contribution is -0.0388. The Morgan fingerprint density at radius 1 is 0.455 bits per heavy atom. The van der Waals surface area contributed by atoms with Crippen LogP contribution in [-0.4, -0.2) is 115 Å². The summed E-state index contributed by atoms with van der Waals surface area (Å²) in [5, 5.41) is 82.7. The third-order valence-electron chi connectivity index (χ3n) is 2.26. The third kappa shape index (κ3) is 17.7. The van der Waals surface area contributed by atoms with Gasteiger partial charge in [0.2, 0.25) is 0 Å². The summed E-state index contributed by atoms with van der Waals surface area (Å²) in [7, 11) is 0. The van der Waals surface area contributed by atoms with E-state index in [1.54, 1.807) is 6.92 Å². The van der Waals surface area contributed by atoms with Crippen LogP contribution in [0.4, 0.5) is 0 Å². The zero-order valence-corrected chi connectivity index (χ0v) is 12.6. The summed E-state index contributed by atoms with van der Waals surface area (Å²) >= 11 is 0. The molecule has 10 N–H and O–H groups in total. The van der Waals surface area contributed by atoms with E-state index < -0.39 is 50.8 Å². The summed E-state index contributed by atoms with van der Waals surface area (Å²) in [6.45, 7) is -0.167. The maximum absolute atomic E-state index is 8.47. The van der Waals surface area contributed by atoms with Crippen molar-refractivity contribution < 1.29 is 51.1 Å². The average molecular weight is 334 g/mol. The molecule has 0 amide bonds. The molecule has 0 saturated carbocycles. The van der Waals surface area contributed by atoms with Crippen molar-refractivity contribution >= 4 is 0 Å². The predicted molar refractivity (Wildman–Crippen MR) is 75.7 cm³/mol. The second-order valence-corrected chi connectivity index (χ2v) is 4.47. The highest BCUT2D eigenvalue weighted by Gasteiger charge is 2.12. The van der Waals surface area contributed by atoms with Crippen molar-refractivity contribution in [3.8, 4) is 0 Å². The van der Waals surface area contributed by atoms with Crippen LogP contribution >= 0.6 is 0 Å². The van der Waals surface area contributed by atoms with Gasteiger partial charge in [-0.3, -0.25) is 0 Å². The Kier molecular flexibility index (Phi) is 22.5. The van der Waals surface area contributed by atoms with Crippen molar-refractivity contribution in [2.45, 2.75) is 31.3 Å². The van der Waals surface area contributed by atoms with E-state index in [1.165, 1.54) is 0 Å². The minimum Gasteiger partial charge on any atom is -0.396 e. The Morgan fingerprint density at radius 3 is 0.682 bits per heavy atom. The van der Waals surface area contributed by atoms with Crippen molar-refractivity contribution in [3.05, 3.63) is 0 Å². The lowest BCUT2D eigenvalue weighted by Gasteiger charge is -2.10. The summed E-state index contributed by atoms with van der Waals surface area (Å²) in [6, 6.07) is 0. The van der Waals surface area contributed by atoms with Gasteiger partial charge in [0.1, 0.15) is 24.4 Å². The van der Waals surface area contributed by atoms with Gasteiger partial charge in [-0.25, -0.2) is 0 Å². The van der Waals surface area contributed by atoms with E-state index in [-0.39, 0.29) is 19.1 Å². The van der Waals surface area contributed by atoms with Gasteiger partial charge in [0, 0.05) is 19.1 Å². The Labute approximate surface area is 129 Å². The van der Waals surface area contributed by atoms with Crippen LogP contribution in [0.2, 0.25) is 0 Å². The summed E-state index contributed by atoms with van der Waals surface area (Å²) in [6.07, 6.45) is -4.89. The smallest absolute Gasteiger partial charge is 0.105 e. The molecule has 0 aromatic heterocycles. The SMILES string of the molecule is CC(CO)CO.OCC(O)C(O)CO.OCC(O)C(O)CO. The molecule has 4 atom stereocenters. The molecule has 0 bridgehead atoms. The van der Waals surface area contributed by atoms with Gasteiger partial charge in [-0.1, -0.05) is 6.92 Å². The van der Waals surface area contributed by atoms with E-state index >= 15 is 0 Å². The summed E-state index contributed by atoms with van der Waals surface area (Å²) < 4.78 is 0. The normalized spacial score (nSPS) is 15.8. The molecule has 138 valence electrons. The fraction of sp³-hybridized carbons (Fsp3) is 1.00. The first kappa shape index (κ1) is 26.5. The zero-order valence-electron chi connectivity index (χ0n) is 12.6. The fourth-order valence-electron chi connectivity index (χ4n) is 0.544. The molecule has 0 spiro atoms. The summed E-state index contributed by atoms with van der Waals surface area (Å²) in [5.41, 5.74) is 0. The lowest BCUT2D eigenvalue weighted by atomic mass is 10.2. The Balaban J connectivity index is -0.000000249. The Hall–Kier alpha value is -0.400.